The number of aromatic amines is 1. The van der Waals surface area contributed by atoms with Gasteiger partial charge in [0.05, 0.1) is 4.92 Å². The zero-order chi connectivity index (χ0) is 12.4. The van der Waals surface area contributed by atoms with E-state index in [0.29, 0.717) is 5.92 Å². The van der Waals surface area contributed by atoms with E-state index in [1.165, 1.54) is 6.08 Å². The number of nitro groups is 1. The van der Waals surface area contributed by atoms with Gasteiger partial charge < -0.3 is 4.98 Å². The Hall–Kier alpha value is -2.10. The first kappa shape index (κ1) is 11.4. The third kappa shape index (κ3) is 2.20. The number of nitrogens with zero attached hydrogens (tertiary/aromatic N) is 1. The first-order valence-electron chi connectivity index (χ1n) is 5.52. The van der Waals surface area contributed by atoms with Gasteiger partial charge in [-0.2, -0.15) is 0 Å². The molecule has 0 aliphatic carbocycles. The number of fused-ring (bicyclic) bond motifs is 1. The molecule has 0 atom stereocenters. The summed E-state index contributed by atoms with van der Waals surface area (Å²) in [5, 5.41) is 11.5. The summed E-state index contributed by atoms with van der Waals surface area (Å²) in [6, 6.07) is 7.93. The van der Waals surface area contributed by atoms with Crippen LogP contribution in [-0.2, 0) is 0 Å². The number of hydrogen-bond acceptors (Lipinski definition) is 2. The summed E-state index contributed by atoms with van der Waals surface area (Å²) in [4.78, 5) is 13.1. The highest BCUT2D eigenvalue weighted by Crippen LogP contribution is 2.29. The fourth-order valence-corrected chi connectivity index (χ4v) is 2.07. The van der Waals surface area contributed by atoms with E-state index in [1.54, 1.807) is 0 Å². The second-order valence-electron chi connectivity index (χ2n) is 4.25. The Morgan fingerprint density at radius 2 is 2.06 bits per heavy atom. The van der Waals surface area contributed by atoms with Crippen LogP contribution in [0.5, 0.6) is 0 Å². The molecule has 0 amide bonds. The Bertz CT molecular complexity index is 582. The van der Waals surface area contributed by atoms with Crippen LogP contribution in [-0.4, -0.2) is 9.91 Å². The predicted molar refractivity (Wildman–Crippen MR) is 68.4 cm³/mol. The van der Waals surface area contributed by atoms with Crippen molar-refractivity contribution >= 4 is 17.0 Å². The van der Waals surface area contributed by atoms with Crippen molar-refractivity contribution in [2.75, 3.05) is 0 Å². The molecule has 0 saturated carbocycles. The normalized spacial score (nSPS) is 11.7. The molecule has 0 saturated heterocycles. The molecule has 17 heavy (non-hydrogen) atoms. The topological polar surface area (TPSA) is 58.9 Å². The zero-order valence-corrected chi connectivity index (χ0v) is 9.81. The highest BCUT2D eigenvalue weighted by Gasteiger charge is 2.12. The molecule has 4 nitrogen and oxygen atoms in total. The van der Waals surface area contributed by atoms with Crippen LogP contribution in [0.3, 0.4) is 0 Å². The van der Waals surface area contributed by atoms with Crippen LogP contribution in [0.25, 0.3) is 17.0 Å². The fraction of sp³-hybridized carbons (Fsp3) is 0.231. The molecule has 0 aliphatic heterocycles. The molecule has 88 valence electrons. The quantitative estimate of drug-likeness (QED) is 0.647. The van der Waals surface area contributed by atoms with Crippen LogP contribution >= 0.6 is 0 Å². The number of nitrogens with one attached hydrogen (secondary N) is 1. The van der Waals surface area contributed by atoms with E-state index < -0.39 is 4.92 Å². The van der Waals surface area contributed by atoms with Gasteiger partial charge in [0.15, 0.2) is 0 Å². The monoisotopic (exact) mass is 230 g/mol. The van der Waals surface area contributed by atoms with Gasteiger partial charge in [0.25, 0.3) is 0 Å². The van der Waals surface area contributed by atoms with Crippen LogP contribution in [0.15, 0.2) is 30.5 Å². The van der Waals surface area contributed by atoms with Gasteiger partial charge in [-0.1, -0.05) is 32.0 Å². The van der Waals surface area contributed by atoms with Crippen molar-refractivity contribution in [1.29, 1.82) is 0 Å². The summed E-state index contributed by atoms with van der Waals surface area (Å²) in [7, 11) is 0. The van der Waals surface area contributed by atoms with Crippen molar-refractivity contribution in [1.82, 2.24) is 4.98 Å². The Labute approximate surface area is 99.1 Å². The molecule has 2 rings (SSSR count). The minimum atomic E-state index is -0.449. The van der Waals surface area contributed by atoms with Crippen LogP contribution in [0.4, 0.5) is 0 Å². The van der Waals surface area contributed by atoms with Crippen molar-refractivity contribution < 1.29 is 4.92 Å². The minimum absolute atomic E-state index is 0.317. The molecule has 1 aromatic heterocycles. The molecule has 1 N–H and O–H groups in total. The summed E-state index contributed by atoms with van der Waals surface area (Å²) >= 11 is 0. The number of para-hydroxylation sites is 1. The number of benzene rings is 1. The van der Waals surface area contributed by atoms with Gasteiger partial charge in [-0.05, 0) is 17.5 Å². The van der Waals surface area contributed by atoms with Gasteiger partial charge in [-0.3, -0.25) is 10.1 Å². The fourth-order valence-electron chi connectivity index (χ4n) is 2.07. The summed E-state index contributed by atoms with van der Waals surface area (Å²) in [6.07, 6.45) is 2.49. The van der Waals surface area contributed by atoms with E-state index >= 15 is 0 Å². The average molecular weight is 230 g/mol. The zero-order valence-electron chi connectivity index (χ0n) is 9.81. The Morgan fingerprint density at radius 1 is 1.35 bits per heavy atom. The standard InChI is InChI=1S/C13H14N2O2/c1-9(2)13-10-5-3-4-6-11(10)14-12(13)7-8-15(16)17/h3-9,14H,1-2H3/b8-7+. The van der Waals surface area contributed by atoms with Crippen molar-refractivity contribution in [3.8, 4) is 0 Å². The Morgan fingerprint density at radius 3 is 2.71 bits per heavy atom. The maximum atomic E-state index is 10.4. The van der Waals surface area contributed by atoms with Crippen LogP contribution < -0.4 is 0 Å². The third-order valence-electron chi connectivity index (χ3n) is 2.72. The van der Waals surface area contributed by atoms with E-state index in [0.717, 1.165) is 28.4 Å². The maximum Gasteiger partial charge on any atom is 0.236 e. The molecule has 2 aromatic rings. The van der Waals surface area contributed by atoms with Gasteiger partial charge in [0.1, 0.15) is 0 Å². The summed E-state index contributed by atoms with van der Waals surface area (Å²) in [5.41, 5.74) is 2.95. The molecule has 0 aliphatic rings. The van der Waals surface area contributed by atoms with Gasteiger partial charge in [-0.25, -0.2) is 0 Å². The summed E-state index contributed by atoms with van der Waals surface area (Å²) in [6.45, 7) is 4.16. The Kier molecular flexibility index (Phi) is 2.95. The number of hydrogen-bond donors (Lipinski definition) is 1. The number of H-pyrrole nitrogens is 1. The van der Waals surface area contributed by atoms with Crippen LogP contribution in [0.1, 0.15) is 31.0 Å². The molecule has 0 fully saturated rings. The lowest BCUT2D eigenvalue weighted by atomic mass is 9.99. The lowest BCUT2D eigenvalue weighted by Crippen LogP contribution is -1.90. The SMILES string of the molecule is CC(C)c1c(/C=C/[N+](=O)[O-])[nH]c2ccccc12. The van der Waals surface area contributed by atoms with Crippen molar-refractivity contribution in [3.63, 3.8) is 0 Å². The molecule has 0 spiro atoms. The van der Waals surface area contributed by atoms with E-state index in [-0.39, 0.29) is 0 Å². The number of aromatic nitrogens is 1. The molecule has 4 heteroatoms. The highest BCUT2D eigenvalue weighted by molar-refractivity contribution is 5.87. The molecule has 0 unspecified atom stereocenters. The average Bonchev–Trinajstić information content (AvgIpc) is 2.64. The van der Waals surface area contributed by atoms with E-state index in [1.807, 2.05) is 24.3 Å². The predicted octanol–water partition coefficient (Wildman–Crippen LogP) is 3.54. The van der Waals surface area contributed by atoms with Crippen molar-refractivity contribution in [3.05, 3.63) is 51.8 Å². The second kappa shape index (κ2) is 4.41. The first-order chi connectivity index (χ1) is 8.09. The first-order valence-corrected chi connectivity index (χ1v) is 5.52. The maximum absolute atomic E-state index is 10.4. The Balaban J connectivity index is 2.61. The van der Waals surface area contributed by atoms with Crippen molar-refractivity contribution in [2.24, 2.45) is 0 Å². The second-order valence-corrected chi connectivity index (χ2v) is 4.25. The lowest BCUT2D eigenvalue weighted by Gasteiger charge is -2.04. The van der Waals surface area contributed by atoms with E-state index in [9.17, 15) is 10.1 Å². The van der Waals surface area contributed by atoms with Gasteiger partial charge in [0, 0.05) is 22.7 Å². The largest absolute Gasteiger partial charge is 0.355 e. The summed E-state index contributed by atoms with van der Waals surface area (Å²) in [5.74, 6) is 0.317. The molecule has 0 radical (unpaired) electrons. The van der Waals surface area contributed by atoms with Crippen molar-refractivity contribution in [2.45, 2.75) is 19.8 Å². The molecule has 0 bridgehead atoms. The van der Waals surface area contributed by atoms with E-state index in [4.69, 9.17) is 0 Å². The molecule has 1 heterocycles. The molecule has 1 aromatic carbocycles. The van der Waals surface area contributed by atoms with Gasteiger partial charge in [-0.15, -0.1) is 0 Å². The number of rotatable bonds is 3. The van der Waals surface area contributed by atoms with Gasteiger partial charge >= 0.3 is 0 Å². The minimum Gasteiger partial charge on any atom is -0.355 e. The third-order valence-corrected chi connectivity index (χ3v) is 2.72. The van der Waals surface area contributed by atoms with E-state index in [2.05, 4.69) is 18.8 Å². The van der Waals surface area contributed by atoms with Gasteiger partial charge in [0.2, 0.25) is 6.20 Å². The lowest BCUT2D eigenvalue weighted by molar-refractivity contribution is -0.401. The van der Waals surface area contributed by atoms with Crippen LogP contribution in [0.2, 0.25) is 0 Å². The smallest absolute Gasteiger partial charge is 0.236 e. The molecular formula is C13H14N2O2. The summed E-state index contributed by atoms with van der Waals surface area (Å²) < 4.78 is 0. The highest BCUT2D eigenvalue weighted by atomic mass is 16.6. The van der Waals surface area contributed by atoms with Crippen LogP contribution in [0, 0.1) is 10.1 Å². The molecular weight excluding hydrogens is 216 g/mol.